The molecule has 158 valence electrons. The van der Waals surface area contributed by atoms with E-state index in [4.69, 9.17) is 19.1 Å². The zero-order valence-corrected chi connectivity index (χ0v) is 16.3. The molecule has 10 nitrogen and oxygen atoms in total. The fourth-order valence-electron chi connectivity index (χ4n) is 3.26. The van der Waals surface area contributed by atoms with Gasteiger partial charge in [-0.1, -0.05) is 12.1 Å². The molecular weight excluding hydrogens is 392 g/mol. The van der Waals surface area contributed by atoms with E-state index in [9.17, 15) is 9.59 Å². The van der Waals surface area contributed by atoms with Gasteiger partial charge in [-0.25, -0.2) is 9.59 Å². The van der Waals surface area contributed by atoms with Crippen molar-refractivity contribution in [3.05, 3.63) is 60.2 Å². The molecule has 2 aromatic rings. The number of morpholine rings is 2. The minimum atomic E-state index is -1.08. The Morgan fingerprint density at radius 3 is 1.70 bits per heavy atom. The molecule has 0 spiro atoms. The van der Waals surface area contributed by atoms with E-state index in [1.54, 1.807) is 24.8 Å². The van der Waals surface area contributed by atoms with Crippen LogP contribution < -0.4 is 0 Å². The first-order valence-corrected chi connectivity index (χ1v) is 9.66. The predicted octanol–water partition coefficient (Wildman–Crippen LogP) is 0.840. The Kier molecular flexibility index (Phi) is 6.60. The largest absolute Gasteiger partial charge is 0.438 e. The fourth-order valence-corrected chi connectivity index (χ4v) is 3.26. The zero-order chi connectivity index (χ0) is 20.8. The summed E-state index contributed by atoms with van der Waals surface area (Å²) < 4.78 is 11.4. The summed E-state index contributed by atoms with van der Waals surface area (Å²) >= 11 is 0. The lowest BCUT2D eigenvalue weighted by Gasteiger charge is -2.32. The molecule has 0 aliphatic carbocycles. The van der Waals surface area contributed by atoms with Crippen LogP contribution in [0.5, 0.6) is 0 Å². The van der Waals surface area contributed by atoms with Crippen molar-refractivity contribution >= 4 is 11.9 Å². The normalized spacial score (nSPS) is 22.9. The van der Waals surface area contributed by atoms with Crippen LogP contribution in [0.25, 0.3) is 0 Å². The van der Waals surface area contributed by atoms with Crippen molar-refractivity contribution in [3.8, 4) is 0 Å². The van der Waals surface area contributed by atoms with E-state index in [2.05, 4.69) is 9.97 Å². The second kappa shape index (κ2) is 9.72. The Balaban J connectivity index is 1.28. The summed E-state index contributed by atoms with van der Waals surface area (Å²) in [6.07, 6.45) is 6.14. The lowest BCUT2D eigenvalue weighted by Crippen LogP contribution is -2.44. The quantitative estimate of drug-likeness (QED) is 0.669. The van der Waals surface area contributed by atoms with Crippen LogP contribution in [0.15, 0.2) is 49.1 Å². The van der Waals surface area contributed by atoms with Gasteiger partial charge in [-0.15, -0.1) is 10.1 Å². The number of rotatable bonds is 4. The summed E-state index contributed by atoms with van der Waals surface area (Å²) in [5.41, 5.74) is 1.74. The Bertz CT molecular complexity index is 781. The maximum Gasteiger partial charge on any atom is 0.438 e. The van der Waals surface area contributed by atoms with Crippen molar-refractivity contribution in [1.82, 2.24) is 20.1 Å². The molecule has 0 amide bonds. The van der Waals surface area contributed by atoms with E-state index in [0.29, 0.717) is 39.4 Å². The van der Waals surface area contributed by atoms with Gasteiger partial charge in [-0.05, 0) is 12.1 Å². The lowest BCUT2D eigenvalue weighted by molar-refractivity contribution is -0.239. The molecule has 30 heavy (non-hydrogen) atoms. The number of carbonyl (C=O) groups excluding carboxylic acids is 2. The lowest BCUT2D eigenvalue weighted by atomic mass is 10.1. The molecule has 2 aromatic heterocycles. The number of pyridine rings is 2. The van der Waals surface area contributed by atoms with Gasteiger partial charge in [0.1, 0.15) is 0 Å². The van der Waals surface area contributed by atoms with Gasteiger partial charge in [0.05, 0.1) is 51.6 Å². The summed E-state index contributed by atoms with van der Waals surface area (Å²) in [7, 11) is 0. The molecule has 2 atom stereocenters. The molecule has 2 aliphatic heterocycles. The molecule has 0 bridgehead atoms. The van der Waals surface area contributed by atoms with E-state index in [1.165, 1.54) is 10.1 Å². The van der Waals surface area contributed by atoms with Gasteiger partial charge < -0.3 is 19.1 Å². The monoisotopic (exact) mass is 414 g/mol. The molecule has 0 radical (unpaired) electrons. The molecule has 2 aliphatic rings. The van der Waals surface area contributed by atoms with Gasteiger partial charge in [0, 0.05) is 35.9 Å². The minimum absolute atomic E-state index is 0.296. The van der Waals surface area contributed by atoms with Crippen molar-refractivity contribution in [3.63, 3.8) is 0 Å². The smallest absolute Gasteiger partial charge is 0.371 e. The van der Waals surface area contributed by atoms with Gasteiger partial charge in [-0.2, -0.15) is 0 Å². The Morgan fingerprint density at radius 2 is 1.30 bits per heavy atom. The third-order valence-corrected chi connectivity index (χ3v) is 4.76. The molecule has 2 unspecified atom stereocenters. The van der Waals surface area contributed by atoms with Crippen molar-refractivity contribution in [1.29, 1.82) is 0 Å². The zero-order valence-electron chi connectivity index (χ0n) is 16.3. The fraction of sp³-hybridized carbons (Fsp3) is 0.400. The summed E-state index contributed by atoms with van der Waals surface area (Å²) in [5.74, 6) is -2.16. The molecule has 2 saturated heterocycles. The molecule has 0 saturated carbocycles. The molecule has 2 fully saturated rings. The average molecular weight is 414 g/mol. The van der Waals surface area contributed by atoms with Crippen LogP contribution in [0.3, 0.4) is 0 Å². The second-order valence-electron chi connectivity index (χ2n) is 6.83. The average Bonchev–Trinajstić information content (AvgIpc) is 2.80. The highest BCUT2D eigenvalue weighted by Crippen LogP contribution is 2.23. The van der Waals surface area contributed by atoms with Crippen molar-refractivity contribution < 1.29 is 28.7 Å². The van der Waals surface area contributed by atoms with Gasteiger partial charge in [0.25, 0.3) is 0 Å². The number of ether oxygens (including phenoxy) is 2. The van der Waals surface area contributed by atoms with Gasteiger partial charge in [0.15, 0.2) is 0 Å². The summed E-state index contributed by atoms with van der Waals surface area (Å²) in [6.45, 7) is 2.03. The van der Waals surface area contributed by atoms with Gasteiger partial charge in [-0.3, -0.25) is 9.97 Å². The second-order valence-corrected chi connectivity index (χ2v) is 6.83. The molecule has 0 aromatic carbocycles. The maximum absolute atomic E-state index is 12.2. The van der Waals surface area contributed by atoms with Gasteiger partial charge >= 0.3 is 11.9 Å². The van der Waals surface area contributed by atoms with Crippen LogP contribution in [-0.4, -0.2) is 71.4 Å². The highest BCUT2D eigenvalue weighted by atomic mass is 16.8. The van der Waals surface area contributed by atoms with Gasteiger partial charge in [0.2, 0.25) is 0 Å². The van der Waals surface area contributed by atoms with Crippen molar-refractivity contribution in [2.45, 2.75) is 12.2 Å². The number of nitrogens with zero attached hydrogens (tertiary/aromatic N) is 4. The first-order chi connectivity index (χ1) is 14.7. The van der Waals surface area contributed by atoms with Crippen LogP contribution in [0.1, 0.15) is 23.3 Å². The standard InChI is InChI=1S/C20H22N4O6/c25-19(29-23-7-9-27-17(13-23)15-3-1-5-21-11-15)20(26)30-24-8-10-28-18(14-24)16-4-2-6-22-12-16/h1-6,11-12,17-18H,7-10,13-14H2. The molecule has 4 rings (SSSR count). The van der Waals surface area contributed by atoms with E-state index in [1.807, 2.05) is 24.3 Å². The van der Waals surface area contributed by atoms with Crippen LogP contribution in [0, 0.1) is 0 Å². The Morgan fingerprint density at radius 1 is 0.833 bits per heavy atom. The first kappa shape index (κ1) is 20.4. The summed E-state index contributed by atoms with van der Waals surface area (Å²) in [4.78, 5) is 43.0. The SMILES string of the molecule is O=C(ON1CCOC(c2cccnc2)C1)C(=O)ON1CCOC(c2cccnc2)C1. The number of carbonyl (C=O) groups is 2. The highest BCUT2D eigenvalue weighted by Gasteiger charge is 2.31. The Hall–Kier alpha value is -2.92. The molecule has 0 N–H and O–H groups in total. The van der Waals surface area contributed by atoms with Crippen LogP contribution >= 0.6 is 0 Å². The van der Waals surface area contributed by atoms with Crippen LogP contribution in [0.4, 0.5) is 0 Å². The van der Waals surface area contributed by atoms with Crippen LogP contribution in [0.2, 0.25) is 0 Å². The van der Waals surface area contributed by atoms with E-state index >= 15 is 0 Å². The summed E-state index contributed by atoms with van der Waals surface area (Å²) in [5, 5.41) is 2.81. The molecular formula is C20H22N4O6. The Labute approximate surface area is 173 Å². The third-order valence-electron chi connectivity index (χ3n) is 4.76. The predicted molar refractivity (Wildman–Crippen MR) is 101 cm³/mol. The van der Waals surface area contributed by atoms with E-state index in [0.717, 1.165) is 11.1 Å². The first-order valence-electron chi connectivity index (χ1n) is 9.66. The molecule has 10 heteroatoms. The number of hydrogen-bond donors (Lipinski definition) is 0. The highest BCUT2D eigenvalue weighted by molar-refractivity contribution is 6.29. The van der Waals surface area contributed by atoms with E-state index < -0.39 is 11.9 Å². The number of hydroxylamine groups is 4. The van der Waals surface area contributed by atoms with Crippen LogP contribution in [-0.2, 0) is 28.7 Å². The third kappa shape index (κ3) is 5.16. The van der Waals surface area contributed by atoms with Crippen molar-refractivity contribution in [2.24, 2.45) is 0 Å². The molecule has 4 heterocycles. The van der Waals surface area contributed by atoms with Crippen molar-refractivity contribution in [2.75, 3.05) is 39.4 Å². The number of aromatic nitrogens is 2. The minimum Gasteiger partial charge on any atom is -0.371 e. The van der Waals surface area contributed by atoms with E-state index in [-0.39, 0.29) is 12.2 Å². The maximum atomic E-state index is 12.2. The number of hydrogen-bond acceptors (Lipinski definition) is 10. The topological polar surface area (TPSA) is 103 Å². The summed E-state index contributed by atoms with van der Waals surface area (Å²) in [6, 6.07) is 7.38.